The summed E-state index contributed by atoms with van der Waals surface area (Å²) >= 11 is 0. The number of nitrogens with zero attached hydrogens (tertiary/aromatic N) is 1. The van der Waals surface area contributed by atoms with Gasteiger partial charge in [0.05, 0.1) is 32.7 Å². The Hall–Kier alpha value is -1.75. The van der Waals surface area contributed by atoms with Crippen LogP contribution in [0, 0.1) is 17.8 Å². The molecule has 0 radical (unpaired) electrons. The van der Waals surface area contributed by atoms with Crippen molar-refractivity contribution in [3.8, 4) is 0 Å². The van der Waals surface area contributed by atoms with Gasteiger partial charge in [-0.1, -0.05) is 0 Å². The van der Waals surface area contributed by atoms with Gasteiger partial charge < -0.3 is 20.4 Å². The molecule has 1 aromatic rings. The maximum absolute atomic E-state index is 13.0. The summed E-state index contributed by atoms with van der Waals surface area (Å²) < 4.78 is 0. The van der Waals surface area contributed by atoms with E-state index in [0.717, 1.165) is 36.5 Å². The minimum Gasteiger partial charge on any atom is -0.374 e. The van der Waals surface area contributed by atoms with Crippen LogP contribution in [0.2, 0.25) is 0 Å². The molecule has 1 saturated heterocycles. The molecule has 3 N–H and O–H groups in total. The minimum atomic E-state index is -0.208. The standard InChI is InChI=1S/C25H38N4O/c1-3-28-8-10-29(11-9-28)23-6-4-22(5-7-23)26-18(2)24(30)27-25-15-19-12-20(16-25)14-21(13-19)17-25/h4-7,18-21,26H,3,8-17H2,1-2H3,(H,27,30)/p+1/t18-,19?,20?,21?,25?/m1/s1. The topological polar surface area (TPSA) is 48.8 Å². The van der Waals surface area contributed by atoms with Crippen molar-refractivity contribution in [2.45, 2.75) is 64.0 Å². The number of carbonyl (C=O) groups excluding carboxylic acids is 1. The van der Waals surface area contributed by atoms with Crippen LogP contribution >= 0.6 is 0 Å². The molecule has 30 heavy (non-hydrogen) atoms. The van der Waals surface area contributed by atoms with Crippen LogP contribution in [0.4, 0.5) is 11.4 Å². The second kappa shape index (κ2) is 8.07. The Morgan fingerprint density at radius 3 is 2.17 bits per heavy atom. The Morgan fingerprint density at radius 1 is 1.07 bits per heavy atom. The monoisotopic (exact) mass is 411 g/mol. The molecule has 0 aromatic heterocycles. The number of hydrogen-bond donors (Lipinski definition) is 3. The molecule has 5 fully saturated rings. The van der Waals surface area contributed by atoms with Gasteiger partial charge in [-0.25, -0.2) is 0 Å². The first-order valence-corrected chi connectivity index (χ1v) is 12.3. The van der Waals surface area contributed by atoms with Crippen molar-refractivity contribution < 1.29 is 9.69 Å². The van der Waals surface area contributed by atoms with Crippen LogP contribution in [-0.4, -0.2) is 50.2 Å². The summed E-state index contributed by atoms with van der Waals surface area (Å²) in [6, 6.07) is 8.44. The molecule has 6 rings (SSSR count). The fraction of sp³-hybridized carbons (Fsp3) is 0.720. The third kappa shape index (κ3) is 4.05. The lowest BCUT2D eigenvalue weighted by molar-refractivity contribution is -0.898. The van der Waals surface area contributed by atoms with Crippen LogP contribution < -0.4 is 20.4 Å². The summed E-state index contributed by atoms with van der Waals surface area (Å²) in [6.07, 6.45) is 7.84. The molecule has 0 spiro atoms. The maximum Gasteiger partial charge on any atom is 0.242 e. The molecule has 1 aromatic carbocycles. The summed E-state index contributed by atoms with van der Waals surface area (Å²) in [5, 5.41) is 6.94. The zero-order chi connectivity index (χ0) is 20.7. The van der Waals surface area contributed by atoms with Crippen LogP contribution in [0.3, 0.4) is 0 Å². The number of quaternary nitrogens is 1. The van der Waals surface area contributed by atoms with Gasteiger partial charge in [0.2, 0.25) is 5.91 Å². The van der Waals surface area contributed by atoms with E-state index in [1.54, 1.807) is 4.90 Å². The first-order chi connectivity index (χ1) is 14.5. The van der Waals surface area contributed by atoms with Gasteiger partial charge >= 0.3 is 0 Å². The fourth-order valence-corrected chi connectivity index (χ4v) is 7.15. The summed E-state index contributed by atoms with van der Waals surface area (Å²) in [5.41, 5.74) is 2.42. The Morgan fingerprint density at radius 2 is 1.63 bits per heavy atom. The van der Waals surface area contributed by atoms with E-state index in [0.29, 0.717) is 0 Å². The van der Waals surface area contributed by atoms with Crippen LogP contribution in [0.5, 0.6) is 0 Å². The van der Waals surface area contributed by atoms with E-state index < -0.39 is 0 Å². The molecule has 5 heteroatoms. The van der Waals surface area contributed by atoms with E-state index in [9.17, 15) is 4.79 Å². The highest BCUT2D eigenvalue weighted by Gasteiger charge is 2.51. The van der Waals surface area contributed by atoms with Crippen molar-refractivity contribution in [3.05, 3.63) is 24.3 Å². The smallest absolute Gasteiger partial charge is 0.242 e. The number of carbonyl (C=O) groups is 1. The van der Waals surface area contributed by atoms with Gasteiger partial charge in [0, 0.05) is 16.9 Å². The lowest BCUT2D eigenvalue weighted by atomic mass is 9.53. The Bertz CT molecular complexity index is 718. The predicted molar refractivity (Wildman–Crippen MR) is 122 cm³/mol. The lowest BCUT2D eigenvalue weighted by Gasteiger charge is -2.57. The average Bonchev–Trinajstić information content (AvgIpc) is 2.73. The molecular formula is C25H39N4O+. The molecule has 1 aliphatic heterocycles. The van der Waals surface area contributed by atoms with E-state index in [-0.39, 0.29) is 17.5 Å². The van der Waals surface area contributed by atoms with Gasteiger partial charge in [-0.3, -0.25) is 4.79 Å². The second-order valence-electron chi connectivity index (χ2n) is 10.7. The molecule has 1 heterocycles. The maximum atomic E-state index is 13.0. The lowest BCUT2D eigenvalue weighted by Crippen LogP contribution is -3.14. The molecule has 4 aliphatic carbocycles. The number of benzene rings is 1. The van der Waals surface area contributed by atoms with Crippen LogP contribution in [0.15, 0.2) is 24.3 Å². The summed E-state index contributed by atoms with van der Waals surface area (Å²) in [7, 11) is 0. The van der Waals surface area contributed by atoms with Crippen molar-refractivity contribution in [2.24, 2.45) is 17.8 Å². The van der Waals surface area contributed by atoms with E-state index in [1.165, 1.54) is 63.8 Å². The van der Waals surface area contributed by atoms with Gasteiger partial charge in [-0.05, 0) is 94.4 Å². The first-order valence-electron chi connectivity index (χ1n) is 12.3. The van der Waals surface area contributed by atoms with Crippen molar-refractivity contribution >= 4 is 17.3 Å². The molecule has 0 unspecified atom stereocenters. The highest BCUT2D eigenvalue weighted by atomic mass is 16.2. The van der Waals surface area contributed by atoms with E-state index in [1.807, 2.05) is 6.92 Å². The predicted octanol–water partition coefficient (Wildman–Crippen LogP) is 2.30. The van der Waals surface area contributed by atoms with E-state index in [2.05, 4.69) is 46.7 Å². The molecule has 5 nitrogen and oxygen atoms in total. The quantitative estimate of drug-likeness (QED) is 0.673. The molecule has 1 atom stereocenters. The van der Waals surface area contributed by atoms with E-state index in [4.69, 9.17) is 0 Å². The first kappa shape index (κ1) is 20.2. The highest BCUT2D eigenvalue weighted by molar-refractivity contribution is 5.85. The normalized spacial score (nSPS) is 34.1. The fourth-order valence-electron chi connectivity index (χ4n) is 7.15. The van der Waals surface area contributed by atoms with E-state index >= 15 is 0 Å². The third-order valence-electron chi connectivity index (χ3n) is 8.41. The Labute approximate surface area is 181 Å². The SMILES string of the molecule is CC[NH+]1CCN(c2ccc(N[C@H](C)C(=O)NC34CC5CC(CC(C5)C3)C4)cc2)CC1. The molecular weight excluding hydrogens is 372 g/mol. The van der Waals surface area contributed by atoms with Gasteiger partial charge in [0.25, 0.3) is 0 Å². The van der Waals surface area contributed by atoms with Crippen LogP contribution in [0.1, 0.15) is 52.4 Å². The zero-order valence-corrected chi connectivity index (χ0v) is 18.8. The molecule has 1 amide bonds. The molecule has 4 saturated carbocycles. The van der Waals surface area contributed by atoms with Gasteiger partial charge in [-0.2, -0.15) is 0 Å². The summed E-state index contributed by atoms with van der Waals surface area (Å²) in [4.78, 5) is 17.2. The second-order valence-corrected chi connectivity index (χ2v) is 10.7. The summed E-state index contributed by atoms with van der Waals surface area (Å²) in [5.74, 6) is 2.73. The molecule has 164 valence electrons. The highest BCUT2D eigenvalue weighted by Crippen LogP contribution is 2.55. The zero-order valence-electron chi connectivity index (χ0n) is 18.8. The van der Waals surface area contributed by atoms with Crippen molar-refractivity contribution in [2.75, 3.05) is 42.9 Å². The number of piperazine rings is 1. The molecule has 4 bridgehead atoms. The number of hydrogen-bond acceptors (Lipinski definition) is 3. The average molecular weight is 412 g/mol. The largest absolute Gasteiger partial charge is 0.374 e. The van der Waals surface area contributed by atoms with Crippen LogP contribution in [-0.2, 0) is 4.79 Å². The van der Waals surface area contributed by atoms with Gasteiger partial charge in [0.1, 0.15) is 6.04 Å². The third-order valence-corrected chi connectivity index (χ3v) is 8.41. The summed E-state index contributed by atoms with van der Waals surface area (Å²) in [6.45, 7) is 10.2. The van der Waals surface area contributed by atoms with Crippen molar-refractivity contribution in [1.82, 2.24) is 5.32 Å². The molecule has 5 aliphatic rings. The number of likely N-dealkylation sites (N-methyl/N-ethyl adjacent to an activating group) is 1. The minimum absolute atomic E-state index is 0.0915. The van der Waals surface area contributed by atoms with Crippen LogP contribution in [0.25, 0.3) is 0 Å². The Balaban J connectivity index is 1.16. The van der Waals surface area contributed by atoms with Gasteiger partial charge in [0.15, 0.2) is 0 Å². The van der Waals surface area contributed by atoms with Gasteiger partial charge in [-0.15, -0.1) is 0 Å². The number of anilines is 2. The number of rotatable bonds is 6. The number of amides is 1. The number of nitrogens with one attached hydrogen (secondary N) is 3. The van der Waals surface area contributed by atoms with Crippen molar-refractivity contribution in [3.63, 3.8) is 0 Å². The van der Waals surface area contributed by atoms with Crippen molar-refractivity contribution in [1.29, 1.82) is 0 Å². The Kier molecular flexibility index (Phi) is 5.42.